The number of hydrogen-bond donors (Lipinski definition) is 0. The van der Waals surface area contributed by atoms with Gasteiger partial charge in [-0.05, 0) is 54.4 Å². The van der Waals surface area contributed by atoms with Crippen LogP contribution in [0.25, 0.3) is 0 Å². The zero-order valence-corrected chi connectivity index (χ0v) is 11.8. The van der Waals surface area contributed by atoms with Gasteiger partial charge >= 0.3 is 0 Å². The monoisotopic (exact) mass is 228 g/mol. The van der Waals surface area contributed by atoms with E-state index >= 15 is 0 Å². The van der Waals surface area contributed by atoms with Crippen molar-refractivity contribution in [3.05, 3.63) is 0 Å². The van der Waals surface area contributed by atoms with E-state index in [1.54, 1.807) is 0 Å². The topological polar surface area (TPSA) is 18.5 Å². The molecule has 2 heteroatoms. The summed E-state index contributed by atoms with van der Waals surface area (Å²) < 4.78 is 12.0. The van der Waals surface area contributed by atoms with Crippen LogP contribution in [0.15, 0.2) is 0 Å². The minimum Gasteiger partial charge on any atom is -0.375 e. The van der Waals surface area contributed by atoms with Gasteiger partial charge in [-0.15, -0.1) is 0 Å². The van der Waals surface area contributed by atoms with Gasteiger partial charge in [-0.25, -0.2) is 0 Å². The van der Waals surface area contributed by atoms with E-state index in [-0.39, 0.29) is 11.2 Å². The first-order chi connectivity index (χ1) is 7.17. The quantitative estimate of drug-likeness (QED) is 0.732. The SMILES string of the molecule is CC(C)(C)OCC1CCCC1OC(C)(C)C. The summed E-state index contributed by atoms with van der Waals surface area (Å²) in [6, 6.07) is 0. The maximum Gasteiger partial charge on any atom is 0.0632 e. The van der Waals surface area contributed by atoms with Gasteiger partial charge in [0.1, 0.15) is 0 Å². The van der Waals surface area contributed by atoms with E-state index in [0.29, 0.717) is 12.0 Å². The minimum atomic E-state index is -0.0329. The van der Waals surface area contributed by atoms with Crippen LogP contribution in [0.3, 0.4) is 0 Å². The van der Waals surface area contributed by atoms with Crippen LogP contribution >= 0.6 is 0 Å². The van der Waals surface area contributed by atoms with Gasteiger partial charge in [-0.3, -0.25) is 0 Å². The lowest BCUT2D eigenvalue weighted by Crippen LogP contribution is -2.33. The van der Waals surface area contributed by atoms with E-state index in [9.17, 15) is 0 Å². The summed E-state index contributed by atoms with van der Waals surface area (Å²) in [5.41, 5.74) is -0.0656. The molecule has 0 aromatic carbocycles. The van der Waals surface area contributed by atoms with Gasteiger partial charge in [0.05, 0.1) is 23.9 Å². The molecule has 0 aliphatic heterocycles. The van der Waals surface area contributed by atoms with Crippen LogP contribution in [0.4, 0.5) is 0 Å². The van der Waals surface area contributed by atoms with Crippen molar-refractivity contribution in [2.75, 3.05) is 6.61 Å². The van der Waals surface area contributed by atoms with Crippen LogP contribution in [0.5, 0.6) is 0 Å². The van der Waals surface area contributed by atoms with Crippen molar-refractivity contribution in [3.63, 3.8) is 0 Å². The minimum absolute atomic E-state index is 0.0327. The summed E-state index contributed by atoms with van der Waals surface area (Å²) in [6.45, 7) is 13.6. The molecule has 0 amide bonds. The van der Waals surface area contributed by atoms with Crippen LogP contribution in [0.2, 0.25) is 0 Å². The van der Waals surface area contributed by atoms with Gasteiger partial charge in [0.2, 0.25) is 0 Å². The molecule has 2 nitrogen and oxygen atoms in total. The second-order valence-electron chi connectivity index (χ2n) is 6.88. The molecule has 1 rings (SSSR count). The Bertz CT molecular complexity index is 210. The molecule has 96 valence electrons. The van der Waals surface area contributed by atoms with Crippen molar-refractivity contribution in [2.24, 2.45) is 5.92 Å². The first-order valence-electron chi connectivity index (χ1n) is 6.49. The van der Waals surface area contributed by atoms with Gasteiger partial charge in [0.15, 0.2) is 0 Å². The Morgan fingerprint density at radius 3 is 2.06 bits per heavy atom. The summed E-state index contributed by atoms with van der Waals surface area (Å²) in [5, 5.41) is 0. The van der Waals surface area contributed by atoms with Crippen molar-refractivity contribution in [3.8, 4) is 0 Å². The van der Waals surface area contributed by atoms with Crippen LogP contribution in [-0.4, -0.2) is 23.9 Å². The van der Waals surface area contributed by atoms with Crippen LogP contribution in [0, 0.1) is 5.92 Å². The summed E-state index contributed by atoms with van der Waals surface area (Å²) in [4.78, 5) is 0. The Labute approximate surface area is 101 Å². The third-order valence-corrected chi connectivity index (χ3v) is 2.82. The maximum absolute atomic E-state index is 6.10. The van der Waals surface area contributed by atoms with Gasteiger partial charge in [-0.1, -0.05) is 6.42 Å². The van der Waals surface area contributed by atoms with Crippen molar-refractivity contribution < 1.29 is 9.47 Å². The molecule has 16 heavy (non-hydrogen) atoms. The van der Waals surface area contributed by atoms with Gasteiger partial charge in [0.25, 0.3) is 0 Å². The first-order valence-corrected chi connectivity index (χ1v) is 6.49. The smallest absolute Gasteiger partial charge is 0.0632 e. The number of rotatable bonds is 3. The van der Waals surface area contributed by atoms with E-state index < -0.39 is 0 Å². The second-order valence-corrected chi connectivity index (χ2v) is 6.88. The highest BCUT2D eigenvalue weighted by atomic mass is 16.5. The fourth-order valence-electron chi connectivity index (χ4n) is 2.16. The molecule has 0 radical (unpaired) electrons. The van der Waals surface area contributed by atoms with Crippen LogP contribution in [-0.2, 0) is 9.47 Å². The molecular weight excluding hydrogens is 200 g/mol. The molecule has 0 aromatic rings. The molecule has 0 bridgehead atoms. The lowest BCUT2D eigenvalue weighted by atomic mass is 10.1. The van der Waals surface area contributed by atoms with Crippen LogP contribution < -0.4 is 0 Å². The standard InChI is InChI=1S/C14H28O2/c1-13(2,3)15-10-11-8-7-9-12(11)16-14(4,5)6/h11-12H,7-10H2,1-6H3. The molecule has 2 unspecified atom stereocenters. The third-order valence-electron chi connectivity index (χ3n) is 2.82. The lowest BCUT2D eigenvalue weighted by molar-refractivity contribution is -0.102. The third kappa shape index (κ3) is 5.31. The zero-order valence-electron chi connectivity index (χ0n) is 11.8. The molecule has 1 saturated carbocycles. The maximum atomic E-state index is 6.10. The van der Waals surface area contributed by atoms with E-state index in [2.05, 4.69) is 41.5 Å². The van der Waals surface area contributed by atoms with E-state index in [1.807, 2.05) is 0 Å². The average molecular weight is 228 g/mol. The molecule has 0 spiro atoms. The largest absolute Gasteiger partial charge is 0.375 e. The molecule has 0 saturated heterocycles. The molecule has 0 heterocycles. The summed E-state index contributed by atoms with van der Waals surface area (Å²) in [7, 11) is 0. The Morgan fingerprint density at radius 1 is 0.938 bits per heavy atom. The van der Waals surface area contributed by atoms with Gasteiger partial charge < -0.3 is 9.47 Å². The Morgan fingerprint density at radius 2 is 1.56 bits per heavy atom. The van der Waals surface area contributed by atoms with Crippen molar-refractivity contribution in [2.45, 2.75) is 78.1 Å². The molecule has 1 aliphatic carbocycles. The van der Waals surface area contributed by atoms with Gasteiger partial charge in [-0.2, -0.15) is 0 Å². The summed E-state index contributed by atoms with van der Waals surface area (Å²) in [5.74, 6) is 0.582. The van der Waals surface area contributed by atoms with E-state index in [0.717, 1.165) is 6.61 Å². The number of hydrogen-bond acceptors (Lipinski definition) is 2. The highest BCUT2D eigenvalue weighted by molar-refractivity contribution is 4.81. The van der Waals surface area contributed by atoms with Crippen molar-refractivity contribution in [1.29, 1.82) is 0 Å². The fraction of sp³-hybridized carbons (Fsp3) is 1.00. The molecule has 1 fully saturated rings. The van der Waals surface area contributed by atoms with Crippen molar-refractivity contribution in [1.82, 2.24) is 0 Å². The van der Waals surface area contributed by atoms with Crippen molar-refractivity contribution >= 4 is 0 Å². The second kappa shape index (κ2) is 5.05. The lowest BCUT2D eigenvalue weighted by Gasteiger charge is -2.30. The zero-order chi connectivity index (χ0) is 12.4. The van der Waals surface area contributed by atoms with Crippen LogP contribution in [0.1, 0.15) is 60.8 Å². The normalized spacial score (nSPS) is 27.4. The molecule has 2 atom stereocenters. The first kappa shape index (κ1) is 14.0. The highest BCUT2D eigenvalue weighted by Gasteiger charge is 2.32. The molecule has 1 aliphatic rings. The molecule has 0 N–H and O–H groups in total. The Hall–Kier alpha value is -0.0800. The van der Waals surface area contributed by atoms with E-state index in [4.69, 9.17) is 9.47 Å². The predicted octanol–water partition coefficient (Wildman–Crippen LogP) is 3.79. The van der Waals surface area contributed by atoms with E-state index in [1.165, 1.54) is 19.3 Å². The Balaban J connectivity index is 2.41. The molecular formula is C14H28O2. The number of ether oxygens (including phenoxy) is 2. The predicted molar refractivity (Wildman–Crippen MR) is 67.7 cm³/mol. The summed E-state index contributed by atoms with van der Waals surface area (Å²) >= 11 is 0. The summed E-state index contributed by atoms with van der Waals surface area (Å²) in [6.07, 6.45) is 4.10. The highest BCUT2D eigenvalue weighted by Crippen LogP contribution is 2.32. The van der Waals surface area contributed by atoms with Gasteiger partial charge in [0, 0.05) is 5.92 Å². The average Bonchev–Trinajstić information content (AvgIpc) is 2.44. The fourth-order valence-corrected chi connectivity index (χ4v) is 2.16. The molecule has 0 aromatic heterocycles. The Kier molecular flexibility index (Phi) is 4.42.